The summed E-state index contributed by atoms with van der Waals surface area (Å²) in [5.41, 5.74) is 6.82. The number of aromatic amines is 1. The van der Waals surface area contributed by atoms with E-state index in [2.05, 4.69) is 42.2 Å². The summed E-state index contributed by atoms with van der Waals surface area (Å²) in [5.74, 6) is 0.691. The Hall–Kier alpha value is -3.92. The number of hydrogen-bond acceptors (Lipinski definition) is 2. The van der Waals surface area contributed by atoms with Crippen LogP contribution >= 0.6 is 0 Å². The lowest BCUT2D eigenvalue weighted by Crippen LogP contribution is -2.17. The molecule has 4 heteroatoms. The summed E-state index contributed by atoms with van der Waals surface area (Å²) in [5, 5.41) is 0. The van der Waals surface area contributed by atoms with Crippen molar-refractivity contribution >= 4 is 0 Å². The normalized spacial score (nSPS) is 11.1. The molecule has 31 heavy (non-hydrogen) atoms. The third-order valence-electron chi connectivity index (χ3n) is 5.52. The zero-order valence-corrected chi connectivity index (χ0v) is 17.4. The SMILES string of the molecule is Cc1cccc(-c2cn3c(=O)c(Cc4ccccc4)nc-3c(Cc3ccccc3)[nH]2)c1. The lowest BCUT2D eigenvalue weighted by molar-refractivity contribution is 0.914. The predicted octanol–water partition coefficient (Wildman–Crippen LogP) is 5.16. The molecule has 2 aliphatic heterocycles. The number of H-pyrrole nitrogens is 1. The summed E-state index contributed by atoms with van der Waals surface area (Å²) in [6.07, 6.45) is 3.07. The molecule has 5 rings (SSSR count). The van der Waals surface area contributed by atoms with Crippen LogP contribution < -0.4 is 5.56 Å². The number of aryl methyl sites for hydroxylation is 1. The summed E-state index contributed by atoms with van der Waals surface area (Å²) in [7, 11) is 0. The van der Waals surface area contributed by atoms with Crippen molar-refractivity contribution in [3.8, 4) is 17.1 Å². The Balaban J connectivity index is 1.66. The Labute approximate surface area is 181 Å². The Kier molecular flexibility index (Phi) is 4.97. The van der Waals surface area contributed by atoms with E-state index in [1.807, 2.05) is 60.8 Å². The van der Waals surface area contributed by atoms with Crippen LogP contribution in [0.25, 0.3) is 17.1 Å². The molecule has 0 unspecified atom stereocenters. The maximum Gasteiger partial charge on any atom is 0.278 e. The third-order valence-corrected chi connectivity index (χ3v) is 5.52. The van der Waals surface area contributed by atoms with Crippen LogP contribution in [0.2, 0.25) is 0 Å². The molecular weight excluding hydrogens is 382 g/mol. The van der Waals surface area contributed by atoms with Gasteiger partial charge in [-0.3, -0.25) is 9.36 Å². The second-order valence-corrected chi connectivity index (χ2v) is 7.90. The van der Waals surface area contributed by atoms with Crippen LogP contribution in [0.5, 0.6) is 0 Å². The molecule has 2 aliphatic rings. The number of aromatic nitrogens is 3. The fourth-order valence-corrected chi connectivity index (χ4v) is 3.96. The Bertz CT molecular complexity index is 1350. The van der Waals surface area contributed by atoms with E-state index < -0.39 is 0 Å². The van der Waals surface area contributed by atoms with E-state index in [0.29, 0.717) is 24.4 Å². The summed E-state index contributed by atoms with van der Waals surface area (Å²) < 4.78 is 1.70. The van der Waals surface area contributed by atoms with Gasteiger partial charge in [-0.05, 0) is 29.7 Å². The van der Waals surface area contributed by atoms with E-state index in [4.69, 9.17) is 4.98 Å². The van der Waals surface area contributed by atoms with Crippen molar-refractivity contribution in [2.75, 3.05) is 0 Å². The van der Waals surface area contributed by atoms with Gasteiger partial charge in [0.1, 0.15) is 5.69 Å². The standard InChI is InChI=1S/C27H23N3O/c1-19-9-8-14-22(15-19)25-18-30-26(23(28-25)16-20-10-4-2-5-11-20)29-24(27(30)31)17-21-12-6-3-7-13-21/h2-15,18,28H,16-17H2,1H3. The monoisotopic (exact) mass is 405 g/mol. The molecule has 0 spiro atoms. The van der Waals surface area contributed by atoms with E-state index in [9.17, 15) is 4.79 Å². The number of benzene rings is 3. The molecule has 0 aliphatic carbocycles. The highest BCUT2D eigenvalue weighted by Gasteiger charge is 2.20. The van der Waals surface area contributed by atoms with Crippen molar-refractivity contribution < 1.29 is 0 Å². The molecule has 152 valence electrons. The van der Waals surface area contributed by atoms with Crippen molar-refractivity contribution in [1.29, 1.82) is 0 Å². The Morgan fingerprint density at radius 1 is 0.839 bits per heavy atom. The minimum absolute atomic E-state index is 0.0592. The minimum atomic E-state index is -0.0592. The van der Waals surface area contributed by atoms with Crippen molar-refractivity contribution in [2.24, 2.45) is 0 Å². The van der Waals surface area contributed by atoms with Gasteiger partial charge in [-0.15, -0.1) is 0 Å². The average Bonchev–Trinajstić information content (AvgIpc) is 3.11. The molecule has 0 atom stereocenters. The van der Waals surface area contributed by atoms with Gasteiger partial charge in [0.2, 0.25) is 0 Å². The smallest absolute Gasteiger partial charge is 0.278 e. The molecule has 2 heterocycles. The van der Waals surface area contributed by atoms with Crippen LogP contribution in [-0.2, 0) is 12.8 Å². The molecular formula is C27H23N3O. The molecule has 0 fully saturated rings. The summed E-state index contributed by atoms with van der Waals surface area (Å²) in [6, 6.07) is 28.5. The maximum absolute atomic E-state index is 13.3. The van der Waals surface area contributed by atoms with Crippen LogP contribution in [0, 0.1) is 6.92 Å². The summed E-state index contributed by atoms with van der Waals surface area (Å²) >= 11 is 0. The highest BCUT2D eigenvalue weighted by atomic mass is 16.1. The number of hydrogen-bond donors (Lipinski definition) is 1. The first-order chi connectivity index (χ1) is 15.2. The highest BCUT2D eigenvalue weighted by molar-refractivity contribution is 5.61. The molecule has 0 saturated heterocycles. The second kappa shape index (κ2) is 8.07. The van der Waals surface area contributed by atoms with Crippen molar-refractivity contribution in [1.82, 2.24) is 14.5 Å². The molecule has 0 aromatic heterocycles. The zero-order valence-electron chi connectivity index (χ0n) is 17.4. The van der Waals surface area contributed by atoms with E-state index in [1.54, 1.807) is 4.57 Å². The molecule has 3 aromatic carbocycles. The second-order valence-electron chi connectivity index (χ2n) is 7.90. The van der Waals surface area contributed by atoms with Crippen molar-refractivity contribution in [2.45, 2.75) is 19.8 Å². The predicted molar refractivity (Wildman–Crippen MR) is 124 cm³/mol. The number of nitrogens with one attached hydrogen (secondary N) is 1. The van der Waals surface area contributed by atoms with Gasteiger partial charge in [-0.25, -0.2) is 4.98 Å². The first kappa shape index (κ1) is 19.1. The van der Waals surface area contributed by atoms with Gasteiger partial charge in [0, 0.05) is 19.0 Å². The molecule has 1 N–H and O–H groups in total. The maximum atomic E-state index is 13.3. The van der Waals surface area contributed by atoms with Crippen LogP contribution in [-0.4, -0.2) is 14.5 Å². The quantitative estimate of drug-likeness (QED) is 0.439. The molecule has 0 radical (unpaired) electrons. The average molecular weight is 406 g/mol. The van der Waals surface area contributed by atoms with Gasteiger partial charge >= 0.3 is 0 Å². The van der Waals surface area contributed by atoms with E-state index in [0.717, 1.165) is 22.5 Å². The fourth-order valence-electron chi connectivity index (χ4n) is 3.96. The van der Waals surface area contributed by atoms with Gasteiger partial charge in [0.05, 0.1) is 11.4 Å². The number of rotatable bonds is 5. The third kappa shape index (κ3) is 3.92. The molecule has 0 bridgehead atoms. The van der Waals surface area contributed by atoms with Crippen molar-refractivity contribution in [3.05, 3.63) is 130 Å². The topological polar surface area (TPSA) is 50.7 Å². The molecule has 4 nitrogen and oxygen atoms in total. The zero-order chi connectivity index (χ0) is 21.2. The van der Waals surface area contributed by atoms with Gasteiger partial charge < -0.3 is 4.98 Å². The fraction of sp³-hybridized carbons (Fsp3) is 0.111. The number of fused-ring (bicyclic) bond motifs is 1. The van der Waals surface area contributed by atoms with Gasteiger partial charge in [0.15, 0.2) is 5.82 Å². The summed E-state index contributed by atoms with van der Waals surface area (Å²) in [4.78, 5) is 21.6. The van der Waals surface area contributed by atoms with Crippen LogP contribution in [0.4, 0.5) is 0 Å². The summed E-state index contributed by atoms with van der Waals surface area (Å²) in [6.45, 7) is 2.07. The van der Waals surface area contributed by atoms with Crippen molar-refractivity contribution in [3.63, 3.8) is 0 Å². The van der Waals surface area contributed by atoms with E-state index in [1.165, 1.54) is 11.1 Å². The molecule has 3 aromatic rings. The van der Waals surface area contributed by atoms with Gasteiger partial charge in [-0.1, -0.05) is 84.4 Å². The van der Waals surface area contributed by atoms with Crippen LogP contribution in [0.1, 0.15) is 28.1 Å². The molecule has 0 saturated carbocycles. The lowest BCUT2D eigenvalue weighted by Gasteiger charge is -2.13. The Morgan fingerprint density at radius 2 is 1.52 bits per heavy atom. The minimum Gasteiger partial charge on any atom is -0.354 e. The van der Waals surface area contributed by atoms with Gasteiger partial charge in [0.25, 0.3) is 5.56 Å². The number of imidazole rings is 1. The van der Waals surface area contributed by atoms with Gasteiger partial charge in [-0.2, -0.15) is 0 Å². The largest absolute Gasteiger partial charge is 0.354 e. The Morgan fingerprint density at radius 3 is 2.19 bits per heavy atom. The van der Waals surface area contributed by atoms with E-state index >= 15 is 0 Å². The van der Waals surface area contributed by atoms with E-state index in [-0.39, 0.29) is 5.56 Å². The number of nitrogens with zero attached hydrogens (tertiary/aromatic N) is 2. The highest BCUT2D eigenvalue weighted by Crippen LogP contribution is 2.24. The van der Waals surface area contributed by atoms with Crippen LogP contribution in [0.15, 0.2) is 95.9 Å². The molecule has 0 amide bonds. The first-order valence-electron chi connectivity index (χ1n) is 10.5. The first-order valence-corrected chi connectivity index (χ1v) is 10.5. The lowest BCUT2D eigenvalue weighted by atomic mass is 10.1. The van der Waals surface area contributed by atoms with Crippen LogP contribution in [0.3, 0.4) is 0 Å².